The minimum absolute atomic E-state index is 0.0172. The van der Waals surface area contributed by atoms with Gasteiger partial charge in [-0.2, -0.15) is 0 Å². The first-order valence-corrected chi connectivity index (χ1v) is 6.40. The minimum atomic E-state index is -0.674. The van der Waals surface area contributed by atoms with E-state index >= 15 is 0 Å². The van der Waals surface area contributed by atoms with Gasteiger partial charge in [0, 0.05) is 11.6 Å². The van der Waals surface area contributed by atoms with E-state index in [1.165, 1.54) is 36.7 Å². The van der Waals surface area contributed by atoms with Crippen LogP contribution in [0.5, 0.6) is 11.6 Å². The Kier molecular flexibility index (Phi) is 3.63. The maximum atomic E-state index is 13.4. The third-order valence-corrected chi connectivity index (χ3v) is 3.08. The minimum Gasteiger partial charge on any atom is -0.431 e. The lowest BCUT2D eigenvalue weighted by molar-refractivity contribution is -0.385. The first kappa shape index (κ1) is 14.5. The largest absolute Gasteiger partial charge is 0.431 e. The van der Waals surface area contributed by atoms with Crippen LogP contribution in [0.25, 0.3) is 10.9 Å². The lowest BCUT2D eigenvalue weighted by Gasteiger charge is -2.08. The summed E-state index contributed by atoms with van der Waals surface area (Å²) < 4.78 is 18.9. The molecule has 23 heavy (non-hydrogen) atoms. The SMILES string of the molecule is O=Cc1ccc(Oc2ncnc3ccc(F)cc23)c([N+](=O)[O-])c1. The number of hydrogen-bond donors (Lipinski definition) is 0. The van der Waals surface area contributed by atoms with Crippen LogP contribution in [0.15, 0.2) is 42.7 Å². The molecule has 8 heteroatoms. The van der Waals surface area contributed by atoms with Gasteiger partial charge in [0.05, 0.1) is 15.8 Å². The van der Waals surface area contributed by atoms with Crippen molar-refractivity contribution >= 4 is 22.9 Å². The molecule has 3 aromatic rings. The van der Waals surface area contributed by atoms with E-state index in [0.29, 0.717) is 11.8 Å². The van der Waals surface area contributed by atoms with Crippen LogP contribution >= 0.6 is 0 Å². The number of aldehydes is 1. The Morgan fingerprint density at radius 1 is 1.17 bits per heavy atom. The Bertz CT molecular complexity index is 930. The fraction of sp³-hybridized carbons (Fsp3) is 0. The van der Waals surface area contributed by atoms with E-state index in [9.17, 15) is 19.3 Å². The maximum Gasteiger partial charge on any atom is 0.312 e. The third-order valence-electron chi connectivity index (χ3n) is 3.08. The van der Waals surface area contributed by atoms with Crippen molar-refractivity contribution in [2.45, 2.75) is 0 Å². The topological polar surface area (TPSA) is 95.2 Å². The summed E-state index contributed by atoms with van der Waals surface area (Å²) in [5.74, 6) is -0.635. The predicted octanol–water partition coefficient (Wildman–Crippen LogP) is 3.28. The molecule has 1 heterocycles. The molecule has 0 spiro atoms. The number of nitrogens with zero attached hydrogens (tertiary/aromatic N) is 3. The Labute approximate surface area is 128 Å². The number of benzene rings is 2. The van der Waals surface area contributed by atoms with Crippen LogP contribution < -0.4 is 4.74 Å². The van der Waals surface area contributed by atoms with Crippen LogP contribution in [0.3, 0.4) is 0 Å². The van der Waals surface area contributed by atoms with Gasteiger partial charge < -0.3 is 4.74 Å². The van der Waals surface area contributed by atoms with E-state index in [4.69, 9.17) is 4.74 Å². The van der Waals surface area contributed by atoms with Crippen molar-refractivity contribution in [1.82, 2.24) is 9.97 Å². The van der Waals surface area contributed by atoms with Gasteiger partial charge in [0.25, 0.3) is 0 Å². The second-order valence-electron chi connectivity index (χ2n) is 4.54. The number of carbonyl (C=O) groups is 1. The number of hydrogen-bond acceptors (Lipinski definition) is 6. The van der Waals surface area contributed by atoms with Crippen molar-refractivity contribution < 1.29 is 18.8 Å². The standard InChI is InChI=1S/C15H8FN3O4/c16-10-2-3-12-11(6-10)15(18-8-17-12)23-14-4-1-9(7-20)5-13(14)19(21)22/h1-8H. The second-order valence-corrected chi connectivity index (χ2v) is 4.54. The van der Waals surface area contributed by atoms with Crippen molar-refractivity contribution in [3.05, 3.63) is 64.2 Å². The fourth-order valence-electron chi connectivity index (χ4n) is 2.03. The molecular formula is C15H8FN3O4. The molecule has 0 saturated heterocycles. The zero-order valence-electron chi connectivity index (χ0n) is 11.5. The van der Waals surface area contributed by atoms with Crippen molar-refractivity contribution in [2.24, 2.45) is 0 Å². The first-order chi connectivity index (χ1) is 11.1. The Morgan fingerprint density at radius 2 is 2.00 bits per heavy atom. The quantitative estimate of drug-likeness (QED) is 0.416. The zero-order valence-corrected chi connectivity index (χ0v) is 11.5. The van der Waals surface area contributed by atoms with E-state index in [1.54, 1.807) is 0 Å². The van der Waals surface area contributed by atoms with Crippen molar-refractivity contribution in [2.75, 3.05) is 0 Å². The first-order valence-electron chi connectivity index (χ1n) is 6.40. The Balaban J connectivity index is 2.11. The van der Waals surface area contributed by atoms with Crippen molar-refractivity contribution in [3.63, 3.8) is 0 Å². The van der Waals surface area contributed by atoms with Crippen LogP contribution in [0.4, 0.5) is 10.1 Å². The van der Waals surface area contributed by atoms with Gasteiger partial charge in [0.15, 0.2) is 0 Å². The van der Waals surface area contributed by atoms with E-state index in [2.05, 4.69) is 9.97 Å². The maximum absolute atomic E-state index is 13.4. The molecule has 0 bridgehead atoms. The van der Waals surface area contributed by atoms with Crippen LogP contribution in [-0.4, -0.2) is 21.2 Å². The zero-order chi connectivity index (χ0) is 16.4. The van der Waals surface area contributed by atoms with Gasteiger partial charge in [-0.05, 0) is 30.3 Å². The number of aromatic nitrogens is 2. The smallest absolute Gasteiger partial charge is 0.312 e. The lowest BCUT2D eigenvalue weighted by atomic mass is 10.2. The normalized spacial score (nSPS) is 10.5. The second kappa shape index (κ2) is 5.76. The van der Waals surface area contributed by atoms with Gasteiger partial charge in [0.1, 0.15) is 18.4 Å². The summed E-state index contributed by atoms with van der Waals surface area (Å²) in [7, 11) is 0. The number of rotatable bonds is 4. The summed E-state index contributed by atoms with van der Waals surface area (Å²) in [5.41, 5.74) is 0.184. The summed E-state index contributed by atoms with van der Waals surface area (Å²) in [5, 5.41) is 11.4. The van der Waals surface area contributed by atoms with Gasteiger partial charge in [-0.25, -0.2) is 14.4 Å². The molecule has 0 fully saturated rings. The van der Waals surface area contributed by atoms with Gasteiger partial charge in [-0.3, -0.25) is 14.9 Å². The fourth-order valence-corrected chi connectivity index (χ4v) is 2.03. The molecule has 0 amide bonds. The van der Waals surface area contributed by atoms with E-state index in [-0.39, 0.29) is 22.6 Å². The average Bonchev–Trinajstić information content (AvgIpc) is 2.55. The predicted molar refractivity (Wildman–Crippen MR) is 78.1 cm³/mol. The average molecular weight is 313 g/mol. The molecule has 7 nitrogen and oxygen atoms in total. The molecule has 1 aromatic heterocycles. The highest BCUT2D eigenvalue weighted by Gasteiger charge is 2.18. The molecule has 0 atom stereocenters. The van der Waals surface area contributed by atoms with Gasteiger partial charge in [-0.1, -0.05) is 0 Å². The van der Waals surface area contributed by atoms with E-state index in [1.807, 2.05) is 0 Å². The number of fused-ring (bicyclic) bond motifs is 1. The molecule has 0 radical (unpaired) electrons. The van der Waals surface area contributed by atoms with Crippen LogP contribution in [-0.2, 0) is 0 Å². The van der Waals surface area contributed by atoms with Gasteiger partial charge in [-0.15, -0.1) is 0 Å². The number of carbonyl (C=O) groups excluding carboxylic acids is 1. The number of ether oxygens (including phenoxy) is 1. The lowest BCUT2D eigenvalue weighted by Crippen LogP contribution is -1.97. The number of halogens is 1. The molecule has 0 saturated carbocycles. The Morgan fingerprint density at radius 3 is 2.74 bits per heavy atom. The summed E-state index contributed by atoms with van der Waals surface area (Å²) >= 11 is 0. The molecule has 0 N–H and O–H groups in total. The highest BCUT2D eigenvalue weighted by Crippen LogP contribution is 2.33. The summed E-state index contributed by atoms with van der Waals surface area (Å²) in [4.78, 5) is 29.0. The summed E-state index contributed by atoms with van der Waals surface area (Å²) in [6, 6.07) is 7.61. The molecule has 0 aliphatic carbocycles. The Hall–Kier alpha value is -3.42. The van der Waals surface area contributed by atoms with Crippen molar-refractivity contribution in [1.29, 1.82) is 0 Å². The molecule has 3 rings (SSSR count). The monoisotopic (exact) mass is 313 g/mol. The molecule has 114 valence electrons. The molecular weight excluding hydrogens is 305 g/mol. The van der Waals surface area contributed by atoms with Gasteiger partial charge >= 0.3 is 5.69 Å². The third kappa shape index (κ3) is 2.82. The van der Waals surface area contributed by atoms with Crippen LogP contribution in [0.2, 0.25) is 0 Å². The molecule has 0 unspecified atom stereocenters. The van der Waals surface area contributed by atoms with E-state index < -0.39 is 16.4 Å². The highest BCUT2D eigenvalue weighted by atomic mass is 19.1. The van der Waals surface area contributed by atoms with E-state index in [0.717, 1.165) is 6.07 Å². The van der Waals surface area contributed by atoms with Crippen molar-refractivity contribution in [3.8, 4) is 11.6 Å². The summed E-state index contributed by atoms with van der Waals surface area (Å²) in [6.45, 7) is 0. The number of nitro groups is 1. The summed E-state index contributed by atoms with van der Waals surface area (Å²) in [6.07, 6.45) is 1.70. The highest BCUT2D eigenvalue weighted by molar-refractivity contribution is 5.83. The van der Waals surface area contributed by atoms with Crippen LogP contribution in [0.1, 0.15) is 10.4 Å². The molecule has 0 aliphatic heterocycles. The molecule has 0 aliphatic rings. The molecule has 2 aromatic carbocycles. The van der Waals surface area contributed by atoms with Gasteiger partial charge in [0.2, 0.25) is 11.6 Å². The van der Waals surface area contributed by atoms with Crippen LogP contribution in [0, 0.1) is 15.9 Å². The number of nitro benzene ring substituents is 1.